The summed E-state index contributed by atoms with van der Waals surface area (Å²) in [5.41, 5.74) is 1.63. The molecule has 1 aromatic rings. The van der Waals surface area contributed by atoms with Gasteiger partial charge in [-0.1, -0.05) is 17.9 Å². The number of rotatable bonds is 2. The van der Waals surface area contributed by atoms with E-state index in [1.807, 2.05) is 24.3 Å². The van der Waals surface area contributed by atoms with Gasteiger partial charge in [0.25, 0.3) is 0 Å². The molecule has 0 amide bonds. The second kappa shape index (κ2) is 4.20. The summed E-state index contributed by atoms with van der Waals surface area (Å²) in [6, 6.07) is 7.26. The van der Waals surface area contributed by atoms with Crippen LogP contribution in [0.3, 0.4) is 0 Å². The Morgan fingerprint density at radius 3 is 2.43 bits per heavy atom. The molecule has 0 unspecified atom stereocenters. The lowest BCUT2D eigenvalue weighted by molar-refractivity contribution is -0.294. The third-order valence-corrected chi connectivity index (χ3v) is 1.83. The van der Waals surface area contributed by atoms with Crippen LogP contribution >= 0.6 is 0 Å². The Bertz CT molecular complexity index is 419. The molecule has 1 aromatic carbocycles. The van der Waals surface area contributed by atoms with Gasteiger partial charge in [-0.05, 0) is 24.3 Å². The highest BCUT2D eigenvalue weighted by Gasteiger charge is 2.06. The van der Waals surface area contributed by atoms with Gasteiger partial charge in [0, 0.05) is 11.6 Å². The molecule has 0 fully saturated rings. The van der Waals surface area contributed by atoms with E-state index in [4.69, 9.17) is 11.8 Å². The molecule has 0 aliphatic rings. The fourth-order valence-corrected chi connectivity index (χ4v) is 0.987. The molecule has 2 heteroatoms. The highest BCUT2D eigenvalue weighted by Crippen LogP contribution is 2.12. The molecule has 0 atom stereocenters. The van der Waals surface area contributed by atoms with Crippen LogP contribution in [-0.2, 0) is 0 Å². The summed E-state index contributed by atoms with van der Waals surface area (Å²) in [4.78, 5) is 0. The van der Waals surface area contributed by atoms with Crippen molar-refractivity contribution in [2.75, 3.05) is 0 Å². The number of amidine groups is 1. The van der Waals surface area contributed by atoms with E-state index in [1.165, 1.54) is 10.7 Å². The maximum atomic E-state index is 7.48. The Balaban J connectivity index is 2.99. The lowest BCUT2D eigenvalue weighted by Gasteiger charge is -2.00. The topological polar surface area (TPSA) is 26.9 Å². The number of benzene rings is 1. The van der Waals surface area contributed by atoms with Crippen LogP contribution in [0.4, 0.5) is 5.69 Å². The normalized spacial score (nSPS) is 8.79. The second-order valence-corrected chi connectivity index (χ2v) is 2.71. The summed E-state index contributed by atoms with van der Waals surface area (Å²) in [5, 5.41) is 7.48. The second-order valence-electron chi connectivity index (χ2n) is 2.71. The van der Waals surface area contributed by atoms with E-state index in [2.05, 4.69) is 19.2 Å². The van der Waals surface area contributed by atoms with Crippen molar-refractivity contribution in [2.45, 2.75) is 0 Å². The molecule has 0 spiro atoms. The average Bonchev–Trinajstić information content (AvgIpc) is 2.27. The Kier molecular flexibility index (Phi) is 2.98. The third-order valence-electron chi connectivity index (χ3n) is 1.83. The molecular formula is C12H11N2+. The maximum absolute atomic E-state index is 7.48. The number of nitrogens with one attached hydrogen (secondary N) is 1. The minimum Gasteiger partial charge on any atom is -0.204 e. The van der Waals surface area contributed by atoms with E-state index in [-0.39, 0.29) is 5.84 Å². The van der Waals surface area contributed by atoms with Crippen LogP contribution in [-0.4, -0.2) is 17.1 Å². The molecule has 0 aliphatic heterocycles. The zero-order valence-electron chi connectivity index (χ0n) is 7.83. The van der Waals surface area contributed by atoms with Gasteiger partial charge >= 0.3 is 5.84 Å². The first kappa shape index (κ1) is 9.94. The van der Waals surface area contributed by atoms with Crippen molar-refractivity contribution in [2.24, 2.45) is 0 Å². The predicted octanol–water partition coefficient (Wildman–Crippen LogP) is 2.18. The van der Waals surface area contributed by atoms with Crippen LogP contribution in [0.1, 0.15) is 5.56 Å². The summed E-state index contributed by atoms with van der Waals surface area (Å²) >= 11 is 0. The quantitative estimate of drug-likeness (QED) is 0.315. The monoisotopic (exact) mass is 183 g/mol. The predicted molar refractivity (Wildman–Crippen MR) is 59.3 cm³/mol. The summed E-state index contributed by atoms with van der Waals surface area (Å²) in [5.74, 6) is 2.77. The smallest absolute Gasteiger partial charge is 0.204 e. The first-order valence-corrected chi connectivity index (χ1v) is 4.07. The van der Waals surface area contributed by atoms with Crippen LogP contribution in [0.15, 0.2) is 36.9 Å². The number of terminal acetylenes is 1. The Hall–Kier alpha value is -2.14. The fraction of sp³-hybridized carbons (Fsp3) is 0. The highest BCUT2D eigenvalue weighted by atomic mass is 15.0. The summed E-state index contributed by atoms with van der Waals surface area (Å²) in [6.45, 7) is 7.22. The van der Waals surface area contributed by atoms with Gasteiger partial charge in [0.2, 0.25) is 0 Å². The van der Waals surface area contributed by atoms with Gasteiger partial charge in [-0.25, -0.2) is 4.58 Å². The van der Waals surface area contributed by atoms with Gasteiger partial charge in [0.05, 0.1) is 6.72 Å². The average molecular weight is 183 g/mol. The molecular weight excluding hydrogens is 172 g/mol. The van der Waals surface area contributed by atoms with Crippen LogP contribution in [0.5, 0.6) is 0 Å². The van der Waals surface area contributed by atoms with Crippen LogP contribution in [0, 0.1) is 17.8 Å². The molecule has 0 heterocycles. The standard InChI is InChI=1S/C12H11N2/c1-4-10-6-8-11(9-7-10)14(3)12(13)5-2/h1,5-9,13H,2-3H2/q+1. The third kappa shape index (κ3) is 1.96. The fourth-order valence-electron chi connectivity index (χ4n) is 0.987. The van der Waals surface area contributed by atoms with E-state index >= 15 is 0 Å². The lowest BCUT2D eigenvalue weighted by Crippen LogP contribution is -2.09. The SMILES string of the molecule is C#Cc1ccc([N+](=C)C(=N)C=C)cc1. The number of nitrogens with zero attached hydrogens (tertiary/aromatic N) is 1. The van der Waals surface area contributed by atoms with Gasteiger partial charge in [-0.15, -0.1) is 6.42 Å². The molecule has 2 nitrogen and oxygen atoms in total. The first-order valence-electron chi connectivity index (χ1n) is 4.07. The Morgan fingerprint density at radius 2 is 2.00 bits per heavy atom. The highest BCUT2D eigenvalue weighted by molar-refractivity contribution is 5.85. The minimum atomic E-state index is 0.249. The van der Waals surface area contributed by atoms with E-state index in [1.54, 1.807) is 0 Å². The zero-order chi connectivity index (χ0) is 10.6. The lowest BCUT2D eigenvalue weighted by atomic mass is 10.2. The van der Waals surface area contributed by atoms with Gasteiger partial charge in [-0.2, -0.15) is 0 Å². The van der Waals surface area contributed by atoms with Crippen LogP contribution in [0.25, 0.3) is 0 Å². The van der Waals surface area contributed by atoms with Crippen molar-refractivity contribution in [3.05, 3.63) is 42.5 Å². The molecule has 68 valence electrons. The largest absolute Gasteiger partial charge is 0.318 e. The Labute approximate surface area is 83.7 Å². The molecule has 0 saturated heterocycles. The Morgan fingerprint density at radius 1 is 1.43 bits per heavy atom. The molecule has 14 heavy (non-hydrogen) atoms. The van der Waals surface area contributed by atoms with Crippen molar-refractivity contribution >= 4 is 18.2 Å². The van der Waals surface area contributed by atoms with Crippen molar-refractivity contribution in [3.63, 3.8) is 0 Å². The number of hydrogen-bond acceptors (Lipinski definition) is 1. The van der Waals surface area contributed by atoms with Gasteiger partial charge in [0.1, 0.15) is 5.69 Å². The summed E-state index contributed by atoms with van der Waals surface area (Å²) < 4.78 is 1.48. The molecule has 0 aliphatic carbocycles. The van der Waals surface area contributed by atoms with E-state index < -0.39 is 0 Å². The van der Waals surface area contributed by atoms with Gasteiger partial charge < -0.3 is 0 Å². The number of hydrogen-bond donors (Lipinski definition) is 1. The molecule has 0 bridgehead atoms. The van der Waals surface area contributed by atoms with Crippen LogP contribution < -0.4 is 0 Å². The van der Waals surface area contributed by atoms with E-state index in [9.17, 15) is 0 Å². The molecule has 0 radical (unpaired) electrons. The molecule has 1 N–H and O–H groups in total. The van der Waals surface area contributed by atoms with E-state index in [0.29, 0.717) is 0 Å². The molecule has 0 saturated carbocycles. The van der Waals surface area contributed by atoms with Crippen molar-refractivity contribution in [3.8, 4) is 12.3 Å². The maximum Gasteiger partial charge on any atom is 0.318 e. The zero-order valence-corrected chi connectivity index (χ0v) is 7.83. The van der Waals surface area contributed by atoms with Crippen LogP contribution in [0.2, 0.25) is 0 Å². The summed E-state index contributed by atoms with van der Waals surface area (Å²) in [7, 11) is 0. The van der Waals surface area contributed by atoms with Crippen molar-refractivity contribution < 1.29 is 4.58 Å². The van der Waals surface area contributed by atoms with Gasteiger partial charge in [-0.3, -0.25) is 0 Å². The van der Waals surface area contributed by atoms with Gasteiger partial charge in [0.15, 0.2) is 0 Å². The van der Waals surface area contributed by atoms with Crippen molar-refractivity contribution in [1.29, 1.82) is 5.41 Å². The summed E-state index contributed by atoms with van der Waals surface area (Å²) in [6.07, 6.45) is 6.66. The molecule has 0 aromatic heterocycles. The van der Waals surface area contributed by atoms with E-state index in [0.717, 1.165) is 11.3 Å². The molecule has 1 rings (SSSR count). The first-order chi connectivity index (χ1) is 6.69. The van der Waals surface area contributed by atoms with Crippen molar-refractivity contribution in [1.82, 2.24) is 0 Å². The minimum absolute atomic E-state index is 0.249.